The molecular weight excluding hydrogens is 368 g/mol. The molecule has 0 aromatic heterocycles. The highest BCUT2D eigenvalue weighted by atomic mass is 28.4. The SMILES string of the molecule is [CH]CC(CO[Si](c1ccccc1)(c1ccccc1)C(C)(C)C)Cc1ccccc1. The van der Waals surface area contributed by atoms with Crippen molar-refractivity contribution in [2.45, 2.75) is 38.7 Å². The summed E-state index contributed by atoms with van der Waals surface area (Å²) in [6.45, 7) is 13.8. The predicted octanol–water partition coefficient (Wildman–Crippen LogP) is 5.52. The van der Waals surface area contributed by atoms with E-state index in [-0.39, 0.29) is 5.04 Å². The van der Waals surface area contributed by atoms with Gasteiger partial charge in [-0.05, 0) is 46.7 Å². The van der Waals surface area contributed by atoms with E-state index in [0.717, 1.165) is 6.42 Å². The molecule has 2 radical (unpaired) electrons. The zero-order valence-corrected chi connectivity index (χ0v) is 18.8. The lowest BCUT2D eigenvalue weighted by Crippen LogP contribution is -2.66. The molecular formula is C27H32OSi. The van der Waals surface area contributed by atoms with Gasteiger partial charge in [0.05, 0.1) is 0 Å². The van der Waals surface area contributed by atoms with Crippen LogP contribution in [0, 0.1) is 12.8 Å². The summed E-state index contributed by atoms with van der Waals surface area (Å²) in [5, 5.41) is 2.62. The molecule has 1 unspecified atom stereocenters. The summed E-state index contributed by atoms with van der Waals surface area (Å²) in [7, 11) is -2.50. The summed E-state index contributed by atoms with van der Waals surface area (Å²) in [4.78, 5) is 0. The van der Waals surface area contributed by atoms with Crippen molar-refractivity contribution >= 4 is 18.7 Å². The van der Waals surface area contributed by atoms with Crippen molar-refractivity contribution in [1.29, 1.82) is 0 Å². The highest BCUT2D eigenvalue weighted by Gasteiger charge is 2.50. The van der Waals surface area contributed by atoms with E-state index in [4.69, 9.17) is 11.3 Å². The maximum absolute atomic E-state index is 7.05. The molecule has 0 bridgehead atoms. The Morgan fingerprint density at radius 2 is 1.21 bits per heavy atom. The van der Waals surface area contributed by atoms with Gasteiger partial charge in [-0.15, -0.1) is 0 Å². The van der Waals surface area contributed by atoms with Crippen LogP contribution in [0.25, 0.3) is 0 Å². The Hall–Kier alpha value is -2.16. The van der Waals surface area contributed by atoms with E-state index in [9.17, 15) is 0 Å². The fraction of sp³-hybridized carbons (Fsp3) is 0.296. The average molecular weight is 401 g/mol. The van der Waals surface area contributed by atoms with Gasteiger partial charge in [-0.1, -0.05) is 112 Å². The normalized spacial score (nSPS) is 13.2. The van der Waals surface area contributed by atoms with Gasteiger partial charge in [0.25, 0.3) is 8.32 Å². The molecule has 0 saturated carbocycles. The first-order valence-corrected chi connectivity index (χ1v) is 12.4. The van der Waals surface area contributed by atoms with Crippen LogP contribution in [0.3, 0.4) is 0 Å². The lowest BCUT2D eigenvalue weighted by atomic mass is 9.98. The van der Waals surface area contributed by atoms with E-state index >= 15 is 0 Å². The van der Waals surface area contributed by atoms with Crippen LogP contribution in [0.1, 0.15) is 32.8 Å². The zero-order valence-electron chi connectivity index (χ0n) is 17.8. The molecule has 3 rings (SSSR count). The maximum Gasteiger partial charge on any atom is 0.261 e. The van der Waals surface area contributed by atoms with Gasteiger partial charge in [-0.3, -0.25) is 0 Å². The first-order chi connectivity index (χ1) is 14.0. The van der Waals surface area contributed by atoms with Crippen LogP contribution in [0.15, 0.2) is 91.0 Å². The summed E-state index contributed by atoms with van der Waals surface area (Å²) >= 11 is 0. The van der Waals surface area contributed by atoms with E-state index in [2.05, 4.69) is 112 Å². The topological polar surface area (TPSA) is 9.23 Å². The van der Waals surface area contributed by atoms with Gasteiger partial charge in [-0.2, -0.15) is 0 Å². The van der Waals surface area contributed by atoms with Crippen molar-refractivity contribution in [3.8, 4) is 0 Å². The highest BCUT2D eigenvalue weighted by molar-refractivity contribution is 6.99. The minimum Gasteiger partial charge on any atom is -0.407 e. The Kier molecular flexibility index (Phi) is 7.10. The standard InChI is InChI=1S/C27H32OSi/c1-5-23(21-24-15-9-6-10-16-24)22-28-29(27(2,3)4,25-17-11-7-12-18-25)26-19-13-8-14-20-26/h1,6-20,23H,5,21-22H2,2-4H3. The van der Waals surface area contributed by atoms with Crippen molar-refractivity contribution in [3.05, 3.63) is 103 Å². The van der Waals surface area contributed by atoms with Crippen LogP contribution in [-0.4, -0.2) is 14.9 Å². The van der Waals surface area contributed by atoms with Crippen molar-refractivity contribution in [2.75, 3.05) is 6.61 Å². The fourth-order valence-corrected chi connectivity index (χ4v) is 8.80. The number of benzene rings is 3. The third kappa shape index (κ3) is 4.88. The molecule has 150 valence electrons. The van der Waals surface area contributed by atoms with Gasteiger partial charge in [0.1, 0.15) is 0 Å². The molecule has 0 amide bonds. The molecule has 2 heteroatoms. The minimum atomic E-state index is -2.50. The molecule has 0 heterocycles. The van der Waals surface area contributed by atoms with E-state index < -0.39 is 8.32 Å². The Labute approximate surface area is 177 Å². The second-order valence-corrected chi connectivity index (χ2v) is 13.1. The summed E-state index contributed by atoms with van der Waals surface area (Å²) in [6, 6.07) is 32.2. The van der Waals surface area contributed by atoms with Crippen molar-refractivity contribution in [3.63, 3.8) is 0 Å². The fourth-order valence-electron chi connectivity index (χ4n) is 4.16. The lowest BCUT2D eigenvalue weighted by Gasteiger charge is -2.43. The van der Waals surface area contributed by atoms with Crippen LogP contribution in [0.4, 0.5) is 0 Å². The summed E-state index contributed by atoms with van der Waals surface area (Å²) < 4.78 is 7.05. The van der Waals surface area contributed by atoms with Crippen molar-refractivity contribution in [1.82, 2.24) is 0 Å². The first kappa shape index (κ1) is 21.5. The molecule has 1 atom stereocenters. The quantitative estimate of drug-likeness (QED) is 0.452. The number of hydrogen-bond acceptors (Lipinski definition) is 1. The third-order valence-electron chi connectivity index (χ3n) is 5.65. The van der Waals surface area contributed by atoms with Crippen LogP contribution in [0.5, 0.6) is 0 Å². The largest absolute Gasteiger partial charge is 0.407 e. The zero-order chi connectivity index (χ0) is 20.7. The first-order valence-electron chi connectivity index (χ1n) is 10.5. The van der Waals surface area contributed by atoms with Gasteiger partial charge in [0.15, 0.2) is 0 Å². The highest BCUT2D eigenvalue weighted by Crippen LogP contribution is 2.37. The minimum absolute atomic E-state index is 0.0123. The molecule has 3 aromatic rings. The van der Waals surface area contributed by atoms with Crippen LogP contribution in [-0.2, 0) is 10.8 Å². The Bertz CT molecular complexity index is 814. The molecule has 0 aliphatic rings. The maximum atomic E-state index is 7.05. The van der Waals surface area contributed by atoms with Crippen LogP contribution < -0.4 is 10.4 Å². The molecule has 0 fully saturated rings. The molecule has 0 aliphatic carbocycles. The van der Waals surface area contributed by atoms with E-state index in [1.807, 2.05) is 0 Å². The molecule has 0 saturated heterocycles. The van der Waals surface area contributed by atoms with E-state index in [1.165, 1.54) is 15.9 Å². The number of hydrogen-bond donors (Lipinski definition) is 0. The predicted molar refractivity (Wildman–Crippen MR) is 126 cm³/mol. The lowest BCUT2D eigenvalue weighted by molar-refractivity contribution is 0.234. The Morgan fingerprint density at radius 3 is 1.62 bits per heavy atom. The number of rotatable bonds is 8. The monoisotopic (exact) mass is 400 g/mol. The third-order valence-corrected chi connectivity index (χ3v) is 10.7. The summed E-state index contributed by atoms with van der Waals surface area (Å²) in [5.41, 5.74) is 1.31. The van der Waals surface area contributed by atoms with E-state index in [0.29, 0.717) is 18.9 Å². The van der Waals surface area contributed by atoms with Gasteiger partial charge in [0, 0.05) is 6.61 Å². The van der Waals surface area contributed by atoms with Gasteiger partial charge in [0.2, 0.25) is 0 Å². The van der Waals surface area contributed by atoms with Gasteiger partial charge >= 0.3 is 0 Å². The molecule has 29 heavy (non-hydrogen) atoms. The van der Waals surface area contributed by atoms with Crippen LogP contribution >= 0.6 is 0 Å². The summed E-state index contributed by atoms with van der Waals surface area (Å²) in [6.07, 6.45) is 1.56. The van der Waals surface area contributed by atoms with Crippen molar-refractivity contribution in [2.24, 2.45) is 5.92 Å². The Balaban J connectivity index is 1.97. The van der Waals surface area contributed by atoms with Gasteiger partial charge in [-0.25, -0.2) is 0 Å². The molecule has 0 N–H and O–H groups in total. The van der Waals surface area contributed by atoms with E-state index in [1.54, 1.807) is 0 Å². The van der Waals surface area contributed by atoms with Crippen molar-refractivity contribution < 1.29 is 4.43 Å². The Morgan fingerprint density at radius 1 is 0.759 bits per heavy atom. The smallest absolute Gasteiger partial charge is 0.261 e. The molecule has 0 spiro atoms. The molecule has 3 aromatic carbocycles. The average Bonchev–Trinajstić information content (AvgIpc) is 2.74. The van der Waals surface area contributed by atoms with Gasteiger partial charge < -0.3 is 4.43 Å². The molecule has 0 aliphatic heterocycles. The van der Waals surface area contributed by atoms with Crippen LogP contribution in [0.2, 0.25) is 5.04 Å². The summed E-state index contributed by atoms with van der Waals surface area (Å²) in [5.74, 6) is 0.291. The second-order valence-electron chi connectivity index (χ2n) is 8.77. The second kappa shape index (κ2) is 9.56. The molecule has 1 nitrogen and oxygen atoms in total.